The van der Waals surface area contributed by atoms with Gasteiger partial charge in [-0.3, -0.25) is 4.79 Å². The number of esters is 1. The number of rotatable bonds is 14. The van der Waals surface area contributed by atoms with Crippen molar-refractivity contribution in [1.82, 2.24) is 40.6 Å². The summed E-state index contributed by atoms with van der Waals surface area (Å²) in [6.45, 7) is -2.74. The summed E-state index contributed by atoms with van der Waals surface area (Å²) in [6.07, 6.45) is 8.77. The third-order valence-corrected chi connectivity index (χ3v) is 15.4. The Morgan fingerprint density at radius 3 is 1.65 bits per heavy atom. The quantitative estimate of drug-likeness (QED) is 0.0674. The minimum absolute atomic E-state index is 0.119. The minimum Gasteiger partial charge on any atom is -0.426 e. The van der Waals surface area contributed by atoms with Crippen LogP contribution in [0.1, 0.15) is 45.1 Å². The van der Waals surface area contributed by atoms with Gasteiger partial charge in [0.2, 0.25) is 41.4 Å². The van der Waals surface area contributed by atoms with E-state index in [0.717, 1.165) is 56.1 Å². The Kier molecular flexibility index (Phi) is 18.7. The lowest BCUT2D eigenvalue weighted by molar-refractivity contribution is -0.133. The number of benzene rings is 1. The molecule has 2 N–H and O–H groups in total. The normalized spacial score (nSPS) is 16.3. The molecule has 0 aliphatic carbocycles. The Labute approximate surface area is 393 Å². The number of nitrogens with one attached hydrogen (secondary N) is 2. The lowest BCUT2D eigenvalue weighted by atomic mass is 9.92. The molecule has 0 radical (unpaired) electrons. The first-order valence-electron chi connectivity index (χ1n) is 20.9. The largest absolute Gasteiger partial charge is 0.426 e. The van der Waals surface area contributed by atoms with E-state index in [-0.39, 0.29) is 43.2 Å². The number of hydrogen-bond donors (Lipinski definition) is 2. The summed E-state index contributed by atoms with van der Waals surface area (Å²) in [7, 11) is -8.76. The van der Waals surface area contributed by atoms with E-state index in [9.17, 15) is 48.4 Å². The zero-order valence-corrected chi connectivity index (χ0v) is 38.5. The van der Waals surface area contributed by atoms with Gasteiger partial charge in [0.1, 0.15) is 5.75 Å². The number of piperidine rings is 2. The molecule has 5 aromatic rings. The van der Waals surface area contributed by atoms with Gasteiger partial charge >= 0.3 is 25.2 Å². The molecule has 7 rings (SSSR count). The van der Waals surface area contributed by atoms with Crippen LogP contribution in [-0.2, 0) is 30.9 Å². The first-order valence-corrected chi connectivity index (χ1v) is 23.9. The van der Waals surface area contributed by atoms with Crippen LogP contribution in [0, 0.1) is 11.8 Å². The van der Waals surface area contributed by atoms with Crippen LogP contribution in [0.3, 0.4) is 0 Å². The summed E-state index contributed by atoms with van der Waals surface area (Å²) in [4.78, 5) is 31.5. The number of aromatic nitrogens is 6. The lowest BCUT2D eigenvalue weighted by Crippen LogP contribution is -2.48. The summed E-state index contributed by atoms with van der Waals surface area (Å²) in [5, 5.41) is 15.2. The van der Waals surface area contributed by atoms with Gasteiger partial charge in [-0.05, 0) is 94.6 Å². The number of anilines is 1. The van der Waals surface area contributed by atoms with Gasteiger partial charge in [-0.2, -0.15) is 38.0 Å². The molecule has 2 unspecified atom stereocenters. The summed E-state index contributed by atoms with van der Waals surface area (Å²) in [5.41, 5.74) is 1.24. The number of carbonyl (C=O) groups excluding carboxylic acids is 2. The van der Waals surface area contributed by atoms with Crippen molar-refractivity contribution in [2.75, 3.05) is 31.5 Å². The Bertz CT molecular complexity index is 2580. The molecule has 2 aliphatic heterocycles. The molecule has 2 aliphatic rings. The van der Waals surface area contributed by atoms with Gasteiger partial charge in [0.25, 0.3) is 0 Å². The Hall–Kier alpha value is -6.54. The molecular weight excluding hydrogens is 965 g/mol. The highest BCUT2D eigenvalue weighted by atomic mass is 32.2. The van der Waals surface area contributed by atoms with Gasteiger partial charge in [0, 0.05) is 55.6 Å². The molecule has 18 nitrogen and oxygen atoms in total. The molecule has 2 amide bonds. The van der Waals surface area contributed by atoms with Crippen LogP contribution in [0.5, 0.6) is 17.5 Å². The summed E-state index contributed by atoms with van der Waals surface area (Å²) >= 11 is 0. The number of sulfone groups is 2. The molecule has 1 aromatic carbocycles. The van der Waals surface area contributed by atoms with Crippen LogP contribution < -0.4 is 24.8 Å². The second kappa shape index (κ2) is 24.1. The summed E-state index contributed by atoms with van der Waals surface area (Å²) in [6, 6.07) is 15.8. The maximum absolute atomic E-state index is 15.5. The number of urea groups is 1. The Morgan fingerprint density at radius 1 is 0.696 bits per heavy atom. The van der Waals surface area contributed by atoms with Crippen molar-refractivity contribution in [3.8, 4) is 17.5 Å². The number of halogens is 6. The highest BCUT2D eigenvalue weighted by Gasteiger charge is 2.49. The number of likely N-dealkylation sites (tertiary alicyclic amines) is 1. The van der Waals surface area contributed by atoms with Gasteiger partial charge in [0.05, 0.1) is 40.5 Å². The smallest absolute Gasteiger partial charge is 0.388 e. The van der Waals surface area contributed by atoms with E-state index in [1.54, 1.807) is 36.7 Å². The highest BCUT2D eigenvalue weighted by molar-refractivity contribution is 7.93. The topological polar surface area (TPSA) is 235 Å². The van der Waals surface area contributed by atoms with Gasteiger partial charge in [-0.25, -0.2) is 40.4 Å². The van der Waals surface area contributed by atoms with E-state index in [4.69, 9.17) is 4.74 Å². The van der Waals surface area contributed by atoms with Crippen molar-refractivity contribution in [1.29, 1.82) is 0 Å². The van der Waals surface area contributed by atoms with Crippen molar-refractivity contribution in [2.45, 2.75) is 79.0 Å². The van der Waals surface area contributed by atoms with Crippen molar-refractivity contribution in [2.24, 2.45) is 11.8 Å². The zero-order valence-electron chi connectivity index (χ0n) is 36.9. The van der Waals surface area contributed by atoms with E-state index in [1.807, 2.05) is 18.2 Å². The van der Waals surface area contributed by atoms with Gasteiger partial charge < -0.3 is 29.7 Å². The number of nitrogens with zero attached hydrogens (tertiary/aromatic N) is 7. The molecule has 0 saturated carbocycles. The molecular formula is C43H47F6N9O9S2. The molecule has 2 fully saturated rings. The summed E-state index contributed by atoms with van der Waals surface area (Å²) in [5.74, 6) is -2.15. The number of ether oxygens (including phenoxy) is 3. The van der Waals surface area contributed by atoms with Crippen molar-refractivity contribution < 1.29 is 67.0 Å². The first kappa shape index (κ1) is 53.4. The van der Waals surface area contributed by atoms with E-state index in [1.165, 1.54) is 17.3 Å². The first-order chi connectivity index (χ1) is 32.7. The second-order valence-electron chi connectivity index (χ2n) is 15.5. The van der Waals surface area contributed by atoms with Crippen molar-refractivity contribution in [3.63, 3.8) is 0 Å². The van der Waals surface area contributed by atoms with E-state index < -0.39 is 77.4 Å². The number of amides is 2. The second-order valence-corrected chi connectivity index (χ2v) is 20.0. The fourth-order valence-electron chi connectivity index (χ4n) is 7.02. The monoisotopic (exact) mass is 1010 g/mol. The fraction of sp³-hybridized carbons (Fsp3) is 0.395. The number of carbonyl (C=O) groups is 2. The SMILES string of the molecule is CC(F)(C1CCN(C(=O)Nc2ccnnc2)CC1)S(=O)(=O)c1ccc(OC(F)F)nc1.CC(F)(C1CCNCC1)S(=O)(=O)c1ccc(OC(F)F)nc1.O=C(Cc1ccnnc1)Oc1ccccc1. The van der Waals surface area contributed by atoms with E-state index >= 15 is 4.39 Å². The third-order valence-electron chi connectivity index (χ3n) is 10.9. The molecule has 2 atom stereocenters. The van der Waals surface area contributed by atoms with Crippen LogP contribution in [-0.4, -0.2) is 114 Å². The Morgan fingerprint density at radius 2 is 1.20 bits per heavy atom. The van der Waals surface area contributed by atoms with Crippen molar-refractivity contribution in [3.05, 3.63) is 109 Å². The molecule has 2 saturated heterocycles. The predicted molar refractivity (Wildman–Crippen MR) is 234 cm³/mol. The number of hydrogen-bond acceptors (Lipinski definition) is 16. The molecule has 4 aromatic heterocycles. The van der Waals surface area contributed by atoms with Crippen LogP contribution in [0.4, 0.5) is 36.8 Å². The van der Waals surface area contributed by atoms with Gasteiger partial charge in [-0.15, -0.1) is 0 Å². The molecule has 69 heavy (non-hydrogen) atoms. The molecule has 0 bridgehead atoms. The highest BCUT2D eigenvalue weighted by Crippen LogP contribution is 2.40. The molecule has 26 heteroatoms. The number of pyridine rings is 2. The lowest BCUT2D eigenvalue weighted by Gasteiger charge is -2.37. The standard InChI is InChI=1S/C18H20F3N5O4S.C13H17F3N2O3S.C12H10N2O2/c1-18(21,31(28,29)14-2-3-15(22-11-14)30-16(19)20)12-5-8-26(9-6-12)17(27)25-13-4-7-23-24-10-13;1-13(16,9-4-6-17-7-5-9)22(19,20)10-2-3-11(18-8-10)21-12(14)15;15-12(8-10-6-7-13-14-9-10)16-11-4-2-1-3-5-11/h2-4,7,10-12,16H,5-6,8-9H2,1H3,(H,23,25,27);2-3,8-9,12,17H,4-7H2,1H3;1-7,9H,8H2. The third kappa shape index (κ3) is 14.7. The van der Waals surface area contributed by atoms with Gasteiger partial charge in [0.15, 0.2) is 0 Å². The van der Waals surface area contributed by atoms with Crippen molar-refractivity contribution >= 4 is 37.4 Å². The van der Waals surface area contributed by atoms with Crippen LogP contribution in [0.2, 0.25) is 0 Å². The van der Waals surface area contributed by atoms with Crippen LogP contribution in [0.25, 0.3) is 0 Å². The van der Waals surface area contributed by atoms with Crippen LogP contribution >= 0.6 is 0 Å². The number of alkyl halides is 6. The zero-order chi connectivity index (χ0) is 50.2. The average Bonchev–Trinajstić information content (AvgIpc) is 3.33. The predicted octanol–water partition coefficient (Wildman–Crippen LogP) is 6.64. The molecule has 6 heterocycles. The number of para-hydroxylation sites is 1. The minimum atomic E-state index is -4.48. The average molecular weight is 1010 g/mol. The molecule has 372 valence electrons. The fourth-order valence-corrected chi connectivity index (χ4v) is 10.2. The Balaban J connectivity index is 0.000000204. The van der Waals surface area contributed by atoms with E-state index in [2.05, 4.69) is 50.5 Å². The molecule has 0 spiro atoms. The maximum Gasteiger partial charge on any atom is 0.388 e. The van der Waals surface area contributed by atoms with Crippen LogP contribution in [0.15, 0.2) is 114 Å². The summed E-state index contributed by atoms with van der Waals surface area (Å²) < 4.78 is 143. The van der Waals surface area contributed by atoms with Gasteiger partial charge in [-0.1, -0.05) is 18.2 Å². The maximum atomic E-state index is 15.5. The van der Waals surface area contributed by atoms with E-state index in [0.29, 0.717) is 37.4 Å².